The molecule has 0 heterocycles. The number of hydrogen-bond donors (Lipinski definition) is 2. The Morgan fingerprint density at radius 1 is 1.12 bits per heavy atom. The molecule has 3 aromatic rings. The molecule has 0 aliphatic rings. The lowest BCUT2D eigenvalue weighted by atomic mass is 10.1. The van der Waals surface area contributed by atoms with E-state index in [2.05, 4.69) is 5.32 Å². The molecule has 0 radical (unpaired) electrons. The quantitative estimate of drug-likeness (QED) is 0.313. The van der Waals surface area contributed by atoms with E-state index >= 15 is 0 Å². The molecule has 0 saturated heterocycles. The normalized spacial score (nSPS) is 10.9. The lowest BCUT2D eigenvalue weighted by Gasteiger charge is -2.10. The molecular formula is C25H18Cl2N2O4. The van der Waals surface area contributed by atoms with Crippen molar-refractivity contribution in [3.8, 4) is 11.8 Å². The molecule has 0 fully saturated rings. The van der Waals surface area contributed by atoms with E-state index in [1.807, 2.05) is 13.0 Å². The van der Waals surface area contributed by atoms with Crippen LogP contribution in [-0.2, 0) is 11.4 Å². The van der Waals surface area contributed by atoms with Gasteiger partial charge in [0.05, 0.1) is 10.6 Å². The highest BCUT2D eigenvalue weighted by molar-refractivity contribution is 6.32. The van der Waals surface area contributed by atoms with E-state index in [4.69, 9.17) is 33.0 Å². The molecule has 0 bridgehead atoms. The van der Waals surface area contributed by atoms with Gasteiger partial charge in [-0.25, -0.2) is 4.79 Å². The number of aryl methyl sites for hydroxylation is 1. The molecule has 0 aliphatic carbocycles. The van der Waals surface area contributed by atoms with Gasteiger partial charge in [-0.2, -0.15) is 5.26 Å². The Morgan fingerprint density at radius 2 is 1.91 bits per heavy atom. The average molecular weight is 481 g/mol. The second-order valence-electron chi connectivity index (χ2n) is 7.07. The fourth-order valence-corrected chi connectivity index (χ4v) is 3.33. The van der Waals surface area contributed by atoms with Crippen LogP contribution < -0.4 is 10.1 Å². The molecule has 0 saturated carbocycles. The van der Waals surface area contributed by atoms with Crippen LogP contribution in [0.5, 0.6) is 5.75 Å². The van der Waals surface area contributed by atoms with Crippen molar-refractivity contribution in [2.45, 2.75) is 13.5 Å². The second-order valence-corrected chi connectivity index (χ2v) is 7.91. The number of carbonyl (C=O) groups is 2. The molecule has 0 atom stereocenters. The fraction of sp³-hybridized carbons (Fsp3) is 0.0800. The van der Waals surface area contributed by atoms with Crippen molar-refractivity contribution in [1.29, 1.82) is 5.26 Å². The predicted molar refractivity (Wildman–Crippen MR) is 128 cm³/mol. The average Bonchev–Trinajstić information content (AvgIpc) is 2.79. The van der Waals surface area contributed by atoms with Crippen LogP contribution in [0, 0.1) is 18.3 Å². The zero-order valence-electron chi connectivity index (χ0n) is 17.4. The first-order valence-corrected chi connectivity index (χ1v) is 10.5. The Kier molecular flexibility index (Phi) is 7.73. The number of halogens is 2. The number of amides is 1. The van der Waals surface area contributed by atoms with Crippen molar-refractivity contribution in [2.75, 3.05) is 5.32 Å². The summed E-state index contributed by atoms with van der Waals surface area (Å²) in [6, 6.07) is 18.2. The Labute approximate surface area is 200 Å². The minimum absolute atomic E-state index is 0.107. The van der Waals surface area contributed by atoms with Crippen molar-refractivity contribution in [2.24, 2.45) is 0 Å². The molecule has 3 rings (SSSR count). The number of nitrogens with one attached hydrogen (secondary N) is 1. The van der Waals surface area contributed by atoms with E-state index < -0.39 is 11.9 Å². The van der Waals surface area contributed by atoms with Crippen LogP contribution >= 0.6 is 23.2 Å². The number of carboxylic acids is 1. The van der Waals surface area contributed by atoms with Gasteiger partial charge in [-0.3, -0.25) is 4.79 Å². The van der Waals surface area contributed by atoms with Crippen LogP contribution in [0.4, 0.5) is 5.69 Å². The lowest BCUT2D eigenvalue weighted by molar-refractivity contribution is -0.112. The highest BCUT2D eigenvalue weighted by Crippen LogP contribution is 2.28. The van der Waals surface area contributed by atoms with Crippen molar-refractivity contribution < 1.29 is 19.4 Å². The minimum atomic E-state index is -1.02. The summed E-state index contributed by atoms with van der Waals surface area (Å²) >= 11 is 12.3. The third kappa shape index (κ3) is 6.36. The van der Waals surface area contributed by atoms with Gasteiger partial charge in [0.25, 0.3) is 5.91 Å². The maximum atomic E-state index is 12.6. The molecule has 0 aromatic heterocycles. The highest BCUT2D eigenvalue weighted by atomic mass is 35.5. The number of ether oxygens (including phenoxy) is 1. The lowest BCUT2D eigenvalue weighted by Crippen LogP contribution is -2.14. The number of carbonyl (C=O) groups excluding carboxylic acids is 1. The molecule has 0 spiro atoms. The van der Waals surface area contributed by atoms with E-state index in [1.165, 1.54) is 18.2 Å². The summed E-state index contributed by atoms with van der Waals surface area (Å²) in [5.74, 6) is -1.21. The Hall–Kier alpha value is -3.79. The first-order valence-electron chi connectivity index (χ1n) is 9.70. The molecule has 33 heavy (non-hydrogen) atoms. The van der Waals surface area contributed by atoms with Gasteiger partial charge in [0.2, 0.25) is 0 Å². The largest absolute Gasteiger partial charge is 0.487 e. The highest BCUT2D eigenvalue weighted by Gasteiger charge is 2.12. The van der Waals surface area contributed by atoms with Crippen molar-refractivity contribution in [1.82, 2.24) is 0 Å². The number of rotatable bonds is 7. The van der Waals surface area contributed by atoms with E-state index in [1.54, 1.807) is 48.5 Å². The van der Waals surface area contributed by atoms with Gasteiger partial charge in [-0.05, 0) is 66.1 Å². The van der Waals surface area contributed by atoms with Crippen molar-refractivity contribution in [3.63, 3.8) is 0 Å². The topological polar surface area (TPSA) is 99.4 Å². The Bertz CT molecular complexity index is 1300. The van der Waals surface area contributed by atoms with Gasteiger partial charge in [0.1, 0.15) is 24.0 Å². The van der Waals surface area contributed by atoms with Crippen LogP contribution in [0.15, 0.2) is 66.2 Å². The molecule has 0 unspecified atom stereocenters. The minimum Gasteiger partial charge on any atom is -0.487 e. The number of benzene rings is 3. The zero-order chi connectivity index (χ0) is 24.0. The smallest absolute Gasteiger partial charge is 0.335 e. The van der Waals surface area contributed by atoms with Gasteiger partial charge in [0, 0.05) is 10.7 Å². The fourth-order valence-electron chi connectivity index (χ4n) is 2.91. The monoisotopic (exact) mass is 480 g/mol. The van der Waals surface area contributed by atoms with Crippen LogP contribution in [0.3, 0.4) is 0 Å². The summed E-state index contributed by atoms with van der Waals surface area (Å²) < 4.78 is 5.69. The van der Waals surface area contributed by atoms with E-state index in [-0.39, 0.29) is 22.8 Å². The van der Waals surface area contributed by atoms with Crippen molar-refractivity contribution in [3.05, 3.63) is 98.5 Å². The van der Waals surface area contributed by atoms with Gasteiger partial charge in [-0.15, -0.1) is 0 Å². The summed E-state index contributed by atoms with van der Waals surface area (Å²) in [5.41, 5.74) is 2.60. The third-order valence-corrected chi connectivity index (χ3v) is 5.18. The molecule has 166 valence electrons. The van der Waals surface area contributed by atoms with E-state index in [0.717, 1.165) is 5.56 Å². The van der Waals surface area contributed by atoms with Gasteiger partial charge < -0.3 is 15.2 Å². The van der Waals surface area contributed by atoms with Crippen LogP contribution in [-0.4, -0.2) is 17.0 Å². The van der Waals surface area contributed by atoms with E-state index in [0.29, 0.717) is 27.6 Å². The van der Waals surface area contributed by atoms with Gasteiger partial charge >= 0.3 is 5.97 Å². The standard InChI is InChI=1S/C25H18Cl2N2O4/c1-15-5-7-20(26)12-22(15)29-24(30)19(13-28)9-16-6-8-23(21(27)11-16)33-14-17-3-2-4-18(10-17)25(31)32/h2-12H,14H2,1H3,(H,29,30)(H,31,32)/b19-9+. The number of hydrogen-bond acceptors (Lipinski definition) is 4. The zero-order valence-corrected chi connectivity index (χ0v) is 18.9. The van der Waals surface area contributed by atoms with E-state index in [9.17, 15) is 14.9 Å². The SMILES string of the molecule is Cc1ccc(Cl)cc1NC(=O)/C(C#N)=C/c1ccc(OCc2cccc(C(=O)O)c2)c(Cl)c1. The molecule has 0 aliphatic heterocycles. The maximum absolute atomic E-state index is 12.6. The molecule has 8 heteroatoms. The van der Waals surface area contributed by atoms with Crippen LogP contribution in [0.25, 0.3) is 6.08 Å². The molecule has 3 aromatic carbocycles. The van der Waals surface area contributed by atoms with Crippen molar-refractivity contribution >= 4 is 46.8 Å². The molecule has 6 nitrogen and oxygen atoms in total. The first-order chi connectivity index (χ1) is 15.8. The summed E-state index contributed by atoms with van der Waals surface area (Å²) in [5, 5.41) is 22.0. The summed E-state index contributed by atoms with van der Waals surface area (Å²) in [6.45, 7) is 1.94. The number of nitrogens with zero attached hydrogens (tertiary/aromatic N) is 1. The third-order valence-electron chi connectivity index (χ3n) is 4.65. The Morgan fingerprint density at radius 3 is 2.61 bits per heavy atom. The molecular weight excluding hydrogens is 463 g/mol. The van der Waals surface area contributed by atoms with Crippen LogP contribution in [0.1, 0.15) is 27.0 Å². The number of carboxylic acid groups (broad SMARTS) is 1. The maximum Gasteiger partial charge on any atom is 0.335 e. The summed E-state index contributed by atoms with van der Waals surface area (Å²) in [4.78, 5) is 23.6. The summed E-state index contributed by atoms with van der Waals surface area (Å²) in [6.07, 6.45) is 1.42. The van der Waals surface area contributed by atoms with Crippen LogP contribution in [0.2, 0.25) is 10.0 Å². The predicted octanol–water partition coefficient (Wildman–Crippen LogP) is 6.12. The van der Waals surface area contributed by atoms with Gasteiger partial charge in [0.15, 0.2) is 0 Å². The number of anilines is 1. The summed E-state index contributed by atoms with van der Waals surface area (Å²) in [7, 11) is 0. The second kappa shape index (κ2) is 10.7. The van der Waals surface area contributed by atoms with Gasteiger partial charge in [-0.1, -0.05) is 47.5 Å². The molecule has 1 amide bonds. The number of nitriles is 1. The Balaban J connectivity index is 1.73. The first kappa shape index (κ1) is 23.9. The molecule has 2 N–H and O–H groups in total. The number of aromatic carboxylic acids is 1.